The van der Waals surface area contributed by atoms with E-state index in [1.54, 1.807) is 0 Å². The zero-order chi connectivity index (χ0) is 17.6. The van der Waals surface area contributed by atoms with Crippen LogP contribution in [0.5, 0.6) is 0 Å². The standard InChI is InChI=1S/C18H12Br2N4S/c1-9-5-13(21-15(19)7-9)11-3-4-12(18-17(11)23-25-24-18)14-6-10(2)8-16(20)22-14/h3-8H,1-2H3. The zero-order valence-corrected chi connectivity index (χ0v) is 17.4. The van der Waals surface area contributed by atoms with Gasteiger partial charge >= 0.3 is 0 Å². The number of hydrogen-bond acceptors (Lipinski definition) is 5. The molecular weight excluding hydrogens is 464 g/mol. The van der Waals surface area contributed by atoms with Crippen LogP contribution >= 0.6 is 43.6 Å². The molecule has 3 aromatic heterocycles. The molecule has 0 aliphatic carbocycles. The van der Waals surface area contributed by atoms with Crippen molar-refractivity contribution in [2.75, 3.05) is 0 Å². The van der Waals surface area contributed by atoms with Crippen LogP contribution in [0.3, 0.4) is 0 Å². The van der Waals surface area contributed by atoms with Crippen LogP contribution in [0.25, 0.3) is 33.5 Å². The summed E-state index contributed by atoms with van der Waals surface area (Å²) < 4.78 is 10.7. The second kappa shape index (κ2) is 6.55. The van der Waals surface area contributed by atoms with E-state index in [1.807, 2.05) is 24.3 Å². The highest BCUT2D eigenvalue weighted by molar-refractivity contribution is 9.10. The quantitative estimate of drug-likeness (QED) is 0.336. The van der Waals surface area contributed by atoms with Gasteiger partial charge in [-0.25, -0.2) is 9.97 Å². The number of aromatic nitrogens is 4. The maximum absolute atomic E-state index is 4.60. The van der Waals surface area contributed by atoms with Crippen LogP contribution in [0.15, 0.2) is 45.6 Å². The topological polar surface area (TPSA) is 51.6 Å². The summed E-state index contributed by atoms with van der Waals surface area (Å²) in [5, 5.41) is 0. The minimum Gasteiger partial charge on any atom is -0.241 e. The molecule has 4 nitrogen and oxygen atoms in total. The highest BCUT2D eigenvalue weighted by atomic mass is 79.9. The number of nitrogens with zero attached hydrogens (tertiary/aromatic N) is 4. The normalized spacial score (nSPS) is 11.2. The average Bonchev–Trinajstić information content (AvgIpc) is 3.01. The predicted octanol–water partition coefficient (Wildman–Crippen LogP) is 5.96. The Labute approximate surface area is 165 Å². The Bertz CT molecular complexity index is 982. The number of benzene rings is 1. The Morgan fingerprint density at radius 1 is 0.720 bits per heavy atom. The van der Waals surface area contributed by atoms with E-state index in [0.29, 0.717) is 0 Å². The molecule has 1 aromatic carbocycles. The molecule has 0 spiro atoms. The number of fused-ring (bicyclic) bond motifs is 1. The summed E-state index contributed by atoms with van der Waals surface area (Å²) in [7, 11) is 0. The number of pyridine rings is 2. The molecule has 0 atom stereocenters. The van der Waals surface area contributed by atoms with Gasteiger partial charge in [0.1, 0.15) is 20.2 Å². The van der Waals surface area contributed by atoms with Crippen LogP contribution in [0.1, 0.15) is 11.1 Å². The van der Waals surface area contributed by atoms with Crippen LogP contribution in [0.4, 0.5) is 0 Å². The van der Waals surface area contributed by atoms with Gasteiger partial charge in [0.05, 0.1) is 23.1 Å². The number of aryl methyl sites for hydroxylation is 2. The molecule has 4 aromatic rings. The molecule has 25 heavy (non-hydrogen) atoms. The molecular formula is C18H12Br2N4S. The molecule has 0 fully saturated rings. The molecule has 0 N–H and O–H groups in total. The molecule has 0 saturated heterocycles. The lowest BCUT2D eigenvalue weighted by Gasteiger charge is -2.08. The molecule has 0 unspecified atom stereocenters. The van der Waals surface area contributed by atoms with Gasteiger partial charge in [-0.1, -0.05) is 0 Å². The minimum atomic E-state index is 0.812. The van der Waals surface area contributed by atoms with Crippen molar-refractivity contribution < 1.29 is 0 Å². The summed E-state index contributed by atoms with van der Waals surface area (Å²) in [6.07, 6.45) is 0. The van der Waals surface area contributed by atoms with Crippen LogP contribution in [0.2, 0.25) is 0 Å². The SMILES string of the molecule is Cc1cc(Br)nc(-c2ccc(-c3cc(C)cc(Br)n3)c3nsnc23)c1. The van der Waals surface area contributed by atoms with Crippen molar-refractivity contribution in [3.05, 3.63) is 56.7 Å². The summed E-state index contributed by atoms with van der Waals surface area (Å²) in [6.45, 7) is 4.10. The largest absolute Gasteiger partial charge is 0.241 e. The molecule has 0 amide bonds. The van der Waals surface area contributed by atoms with E-state index >= 15 is 0 Å². The third-order valence-electron chi connectivity index (χ3n) is 3.84. The lowest BCUT2D eigenvalue weighted by atomic mass is 10.0. The van der Waals surface area contributed by atoms with Crippen LogP contribution in [-0.4, -0.2) is 18.7 Å². The van der Waals surface area contributed by atoms with Crippen molar-refractivity contribution in [3.63, 3.8) is 0 Å². The molecule has 0 saturated carbocycles. The fourth-order valence-corrected chi connectivity index (χ4v) is 4.48. The van der Waals surface area contributed by atoms with Gasteiger partial charge in [0, 0.05) is 11.1 Å². The van der Waals surface area contributed by atoms with E-state index < -0.39 is 0 Å². The van der Waals surface area contributed by atoms with Crippen molar-refractivity contribution in [2.24, 2.45) is 0 Å². The molecule has 7 heteroatoms. The first kappa shape index (κ1) is 16.8. The second-order valence-corrected chi connectivity index (χ2v) is 7.98. The first-order valence-corrected chi connectivity index (χ1v) is 9.87. The Morgan fingerprint density at radius 2 is 1.16 bits per heavy atom. The van der Waals surface area contributed by atoms with E-state index in [-0.39, 0.29) is 0 Å². The summed E-state index contributed by atoms with van der Waals surface area (Å²) in [5.41, 5.74) is 7.71. The third kappa shape index (κ3) is 3.23. The molecule has 0 radical (unpaired) electrons. The molecule has 0 bridgehead atoms. The summed E-state index contributed by atoms with van der Waals surface area (Å²) in [6, 6.07) is 12.2. The fourth-order valence-electron chi connectivity index (χ4n) is 2.81. The summed E-state index contributed by atoms with van der Waals surface area (Å²) in [5.74, 6) is 0. The first-order valence-electron chi connectivity index (χ1n) is 7.55. The van der Waals surface area contributed by atoms with Crippen LogP contribution < -0.4 is 0 Å². The third-order valence-corrected chi connectivity index (χ3v) is 5.19. The summed E-state index contributed by atoms with van der Waals surface area (Å²) >= 11 is 8.15. The van der Waals surface area contributed by atoms with Gasteiger partial charge in [-0.05, 0) is 93.2 Å². The average molecular weight is 476 g/mol. The predicted molar refractivity (Wildman–Crippen MR) is 109 cm³/mol. The Kier molecular flexibility index (Phi) is 4.39. The van der Waals surface area contributed by atoms with Crippen molar-refractivity contribution in [1.29, 1.82) is 0 Å². The Morgan fingerprint density at radius 3 is 1.56 bits per heavy atom. The number of hydrogen-bond donors (Lipinski definition) is 0. The van der Waals surface area contributed by atoms with Gasteiger partial charge in [0.25, 0.3) is 0 Å². The molecule has 0 aliphatic rings. The molecule has 124 valence electrons. The van der Waals surface area contributed by atoms with E-state index in [0.717, 1.165) is 53.9 Å². The zero-order valence-electron chi connectivity index (χ0n) is 13.4. The van der Waals surface area contributed by atoms with Gasteiger partial charge in [-0.2, -0.15) is 8.75 Å². The van der Waals surface area contributed by atoms with Crippen molar-refractivity contribution >= 4 is 54.6 Å². The maximum atomic E-state index is 4.60. The van der Waals surface area contributed by atoms with Crippen molar-refractivity contribution in [3.8, 4) is 22.5 Å². The highest BCUT2D eigenvalue weighted by Crippen LogP contribution is 2.34. The van der Waals surface area contributed by atoms with Gasteiger partial charge in [0.2, 0.25) is 0 Å². The molecule has 0 aliphatic heterocycles. The second-order valence-electron chi connectivity index (χ2n) is 5.83. The Hall–Kier alpha value is -1.70. The number of rotatable bonds is 2. The highest BCUT2D eigenvalue weighted by Gasteiger charge is 2.16. The van der Waals surface area contributed by atoms with Gasteiger partial charge < -0.3 is 0 Å². The van der Waals surface area contributed by atoms with E-state index in [4.69, 9.17) is 0 Å². The van der Waals surface area contributed by atoms with Gasteiger partial charge in [-0.3, -0.25) is 0 Å². The lowest BCUT2D eigenvalue weighted by Crippen LogP contribution is -1.92. The minimum absolute atomic E-state index is 0.812. The van der Waals surface area contributed by atoms with Gasteiger partial charge in [0.15, 0.2) is 0 Å². The molecule has 4 rings (SSSR count). The van der Waals surface area contributed by atoms with E-state index in [2.05, 4.69) is 76.6 Å². The van der Waals surface area contributed by atoms with Crippen LogP contribution in [-0.2, 0) is 0 Å². The van der Waals surface area contributed by atoms with Crippen molar-refractivity contribution in [2.45, 2.75) is 13.8 Å². The maximum Gasteiger partial charge on any atom is 0.114 e. The smallest absolute Gasteiger partial charge is 0.114 e. The number of halogens is 2. The first-order chi connectivity index (χ1) is 12.0. The summed E-state index contributed by atoms with van der Waals surface area (Å²) in [4.78, 5) is 9.19. The van der Waals surface area contributed by atoms with E-state index in [9.17, 15) is 0 Å². The Balaban J connectivity index is 1.95. The molecule has 3 heterocycles. The fraction of sp³-hybridized carbons (Fsp3) is 0.111. The van der Waals surface area contributed by atoms with Crippen LogP contribution in [0, 0.1) is 13.8 Å². The monoisotopic (exact) mass is 474 g/mol. The van der Waals surface area contributed by atoms with Crippen molar-refractivity contribution in [1.82, 2.24) is 18.7 Å². The van der Waals surface area contributed by atoms with E-state index in [1.165, 1.54) is 11.7 Å². The lowest BCUT2D eigenvalue weighted by molar-refractivity contribution is 1.24. The van der Waals surface area contributed by atoms with Gasteiger partial charge in [-0.15, -0.1) is 0 Å².